The topological polar surface area (TPSA) is 29.1 Å². The van der Waals surface area contributed by atoms with Crippen molar-refractivity contribution in [3.05, 3.63) is 0 Å². The molecular formula is C8H13Cl2NOS. The highest BCUT2D eigenvalue weighted by atomic mass is 35.5. The molecule has 0 aromatic rings. The van der Waals surface area contributed by atoms with Gasteiger partial charge in [-0.05, 0) is 24.3 Å². The number of carbonyl (C=O) groups is 1. The van der Waals surface area contributed by atoms with Gasteiger partial charge in [0.05, 0.1) is 0 Å². The molecule has 1 saturated heterocycles. The number of carbonyl (C=O) groups excluding carboxylic acids is 1. The summed E-state index contributed by atoms with van der Waals surface area (Å²) < 4.78 is 0. The maximum Gasteiger partial charge on any atom is 0.223 e. The third-order valence-corrected chi connectivity index (χ3v) is 3.38. The Morgan fingerprint density at radius 1 is 1.46 bits per heavy atom. The van der Waals surface area contributed by atoms with Gasteiger partial charge in [0.1, 0.15) is 4.84 Å². The van der Waals surface area contributed by atoms with Crippen LogP contribution in [0.2, 0.25) is 0 Å². The Morgan fingerprint density at radius 2 is 2.08 bits per heavy atom. The molecule has 1 amide bonds. The van der Waals surface area contributed by atoms with Gasteiger partial charge >= 0.3 is 0 Å². The third kappa shape index (κ3) is 4.43. The van der Waals surface area contributed by atoms with Crippen molar-refractivity contribution in [1.82, 2.24) is 5.32 Å². The van der Waals surface area contributed by atoms with Crippen LogP contribution >= 0.6 is 35.0 Å². The predicted molar refractivity (Wildman–Crippen MR) is 58.6 cm³/mol. The Morgan fingerprint density at radius 3 is 2.62 bits per heavy atom. The number of rotatable bonds is 3. The Balaban J connectivity index is 2.21. The molecule has 0 atom stereocenters. The molecule has 1 heterocycles. The first-order valence-corrected chi connectivity index (χ1v) is 6.36. The molecule has 1 N–H and O–H groups in total. The number of thioether (sulfide) groups is 1. The second kappa shape index (κ2) is 5.99. The molecule has 0 bridgehead atoms. The molecule has 1 aliphatic rings. The minimum atomic E-state index is -0.498. The van der Waals surface area contributed by atoms with Crippen molar-refractivity contribution < 1.29 is 4.79 Å². The highest BCUT2D eigenvalue weighted by molar-refractivity contribution is 7.99. The third-order valence-electron chi connectivity index (χ3n) is 2.02. The highest BCUT2D eigenvalue weighted by Gasteiger charge is 2.21. The van der Waals surface area contributed by atoms with Crippen LogP contribution in [-0.2, 0) is 4.79 Å². The summed E-state index contributed by atoms with van der Waals surface area (Å²) in [5, 5.41) is 2.74. The zero-order valence-electron chi connectivity index (χ0n) is 7.26. The van der Waals surface area contributed by atoms with E-state index in [0.29, 0.717) is 6.54 Å². The summed E-state index contributed by atoms with van der Waals surface area (Å²) in [5.41, 5.74) is 0. The van der Waals surface area contributed by atoms with Gasteiger partial charge in [-0.15, -0.1) is 23.2 Å². The SMILES string of the molecule is O=C(NCC(Cl)Cl)C1CCSCC1. The number of halogens is 2. The van der Waals surface area contributed by atoms with E-state index >= 15 is 0 Å². The van der Waals surface area contributed by atoms with Crippen LogP contribution in [0.25, 0.3) is 0 Å². The van der Waals surface area contributed by atoms with E-state index in [-0.39, 0.29) is 11.8 Å². The lowest BCUT2D eigenvalue weighted by Crippen LogP contribution is -2.35. The molecule has 0 aromatic carbocycles. The highest BCUT2D eigenvalue weighted by Crippen LogP contribution is 2.22. The Labute approximate surface area is 92.7 Å². The normalized spacial score (nSPS) is 19.0. The second-order valence-corrected chi connectivity index (χ2v) is 5.52. The van der Waals surface area contributed by atoms with Crippen LogP contribution in [0.1, 0.15) is 12.8 Å². The van der Waals surface area contributed by atoms with Crippen LogP contribution < -0.4 is 5.32 Å². The fraction of sp³-hybridized carbons (Fsp3) is 0.875. The minimum Gasteiger partial charge on any atom is -0.353 e. The van der Waals surface area contributed by atoms with Crippen molar-refractivity contribution in [1.29, 1.82) is 0 Å². The van der Waals surface area contributed by atoms with Crippen LogP contribution in [0.4, 0.5) is 0 Å². The first kappa shape index (κ1) is 11.5. The number of hydrogen-bond acceptors (Lipinski definition) is 2. The first-order chi connectivity index (χ1) is 6.20. The summed E-state index contributed by atoms with van der Waals surface area (Å²) in [5.74, 6) is 2.45. The van der Waals surface area contributed by atoms with Gasteiger partial charge < -0.3 is 5.32 Å². The van der Waals surface area contributed by atoms with Crippen LogP contribution in [0.5, 0.6) is 0 Å². The number of nitrogens with one attached hydrogen (secondary N) is 1. The summed E-state index contributed by atoms with van der Waals surface area (Å²) in [6.45, 7) is 0.353. The van der Waals surface area contributed by atoms with E-state index in [1.165, 1.54) is 0 Å². The van der Waals surface area contributed by atoms with Crippen molar-refractivity contribution in [2.45, 2.75) is 17.7 Å². The summed E-state index contributed by atoms with van der Waals surface area (Å²) in [7, 11) is 0. The molecule has 2 nitrogen and oxygen atoms in total. The molecule has 0 aromatic heterocycles. The average Bonchev–Trinajstić information content (AvgIpc) is 2.15. The quantitative estimate of drug-likeness (QED) is 0.767. The lowest BCUT2D eigenvalue weighted by atomic mass is 10.0. The molecule has 13 heavy (non-hydrogen) atoms. The smallest absolute Gasteiger partial charge is 0.223 e. The molecule has 1 rings (SSSR count). The van der Waals surface area contributed by atoms with Crippen molar-refractivity contribution in [2.75, 3.05) is 18.1 Å². The van der Waals surface area contributed by atoms with E-state index in [2.05, 4.69) is 5.32 Å². The van der Waals surface area contributed by atoms with Crippen molar-refractivity contribution in [2.24, 2.45) is 5.92 Å². The standard InChI is InChI=1S/C8H13Cl2NOS/c9-7(10)5-11-8(12)6-1-3-13-4-2-6/h6-7H,1-5H2,(H,11,12). The Kier molecular flexibility index (Phi) is 5.29. The average molecular weight is 242 g/mol. The van der Waals surface area contributed by atoms with E-state index in [9.17, 15) is 4.79 Å². The van der Waals surface area contributed by atoms with Crippen LogP contribution in [0.3, 0.4) is 0 Å². The van der Waals surface area contributed by atoms with E-state index in [1.54, 1.807) is 0 Å². The summed E-state index contributed by atoms with van der Waals surface area (Å²) in [6.07, 6.45) is 1.96. The van der Waals surface area contributed by atoms with Gasteiger partial charge in [-0.1, -0.05) is 0 Å². The van der Waals surface area contributed by atoms with Crippen molar-refractivity contribution >= 4 is 40.9 Å². The largest absolute Gasteiger partial charge is 0.353 e. The van der Waals surface area contributed by atoms with Crippen LogP contribution in [0.15, 0.2) is 0 Å². The Bertz CT molecular complexity index is 172. The van der Waals surface area contributed by atoms with E-state index in [0.717, 1.165) is 24.3 Å². The van der Waals surface area contributed by atoms with Gasteiger partial charge in [0.15, 0.2) is 0 Å². The molecule has 1 aliphatic heterocycles. The molecule has 76 valence electrons. The molecule has 0 saturated carbocycles. The molecule has 5 heteroatoms. The van der Waals surface area contributed by atoms with E-state index < -0.39 is 4.84 Å². The monoisotopic (exact) mass is 241 g/mol. The second-order valence-electron chi connectivity index (χ2n) is 3.02. The van der Waals surface area contributed by atoms with Crippen molar-refractivity contribution in [3.63, 3.8) is 0 Å². The molecule has 0 aliphatic carbocycles. The summed E-state index contributed by atoms with van der Waals surface area (Å²) >= 11 is 12.9. The van der Waals surface area contributed by atoms with Gasteiger partial charge in [-0.2, -0.15) is 11.8 Å². The maximum absolute atomic E-state index is 11.5. The predicted octanol–water partition coefficient (Wildman–Crippen LogP) is 2.05. The van der Waals surface area contributed by atoms with Gasteiger partial charge in [0.25, 0.3) is 0 Å². The lowest BCUT2D eigenvalue weighted by Gasteiger charge is -2.20. The molecule has 0 unspecified atom stereocenters. The fourth-order valence-electron chi connectivity index (χ4n) is 1.28. The van der Waals surface area contributed by atoms with E-state index in [4.69, 9.17) is 23.2 Å². The van der Waals surface area contributed by atoms with Crippen LogP contribution in [-0.4, -0.2) is 28.8 Å². The first-order valence-electron chi connectivity index (χ1n) is 4.33. The van der Waals surface area contributed by atoms with E-state index in [1.807, 2.05) is 11.8 Å². The zero-order valence-corrected chi connectivity index (χ0v) is 9.59. The molecular weight excluding hydrogens is 229 g/mol. The summed E-state index contributed by atoms with van der Waals surface area (Å²) in [4.78, 5) is 11.0. The fourth-order valence-corrected chi connectivity index (χ4v) is 2.54. The molecule has 0 spiro atoms. The maximum atomic E-state index is 11.5. The van der Waals surface area contributed by atoms with Crippen molar-refractivity contribution in [3.8, 4) is 0 Å². The number of amides is 1. The molecule has 0 radical (unpaired) electrons. The van der Waals surface area contributed by atoms with Gasteiger partial charge in [0, 0.05) is 12.5 Å². The van der Waals surface area contributed by atoms with Gasteiger partial charge in [-0.25, -0.2) is 0 Å². The van der Waals surface area contributed by atoms with Crippen LogP contribution in [0, 0.1) is 5.92 Å². The molecule has 1 fully saturated rings. The summed E-state index contributed by atoms with van der Waals surface area (Å²) in [6, 6.07) is 0. The minimum absolute atomic E-state index is 0.103. The number of hydrogen-bond donors (Lipinski definition) is 1. The van der Waals surface area contributed by atoms with Gasteiger partial charge in [-0.3, -0.25) is 4.79 Å². The zero-order chi connectivity index (χ0) is 9.68. The lowest BCUT2D eigenvalue weighted by molar-refractivity contribution is -0.125. The number of alkyl halides is 2. The van der Waals surface area contributed by atoms with Gasteiger partial charge in [0.2, 0.25) is 5.91 Å². The Hall–Kier alpha value is 0.400.